The Bertz CT molecular complexity index is 516. The largest absolute Gasteiger partial charge is 0.384 e. The minimum Gasteiger partial charge on any atom is -0.384 e. The van der Waals surface area contributed by atoms with Crippen molar-refractivity contribution in [1.82, 2.24) is 0 Å². The Balaban J connectivity index is 2.26. The second-order valence-corrected chi connectivity index (χ2v) is 5.87. The molecule has 2 rings (SSSR count). The highest BCUT2D eigenvalue weighted by molar-refractivity contribution is 7.10. The van der Waals surface area contributed by atoms with Crippen LogP contribution in [0.25, 0.3) is 0 Å². The van der Waals surface area contributed by atoms with Crippen LogP contribution in [0.5, 0.6) is 0 Å². The molecule has 0 saturated carbocycles. The zero-order valence-electron chi connectivity index (χ0n) is 9.90. The van der Waals surface area contributed by atoms with E-state index in [-0.39, 0.29) is 0 Å². The van der Waals surface area contributed by atoms with Crippen molar-refractivity contribution in [3.8, 4) is 0 Å². The molecule has 1 nitrogen and oxygen atoms in total. The molecule has 1 heterocycles. The van der Waals surface area contributed by atoms with E-state index in [9.17, 15) is 5.11 Å². The minimum absolute atomic E-state index is 0.578. The normalized spacial score (nSPS) is 14.6. The lowest BCUT2D eigenvalue weighted by Crippen LogP contribution is -2.23. The summed E-state index contributed by atoms with van der Waals surface area (Å²) in [6, 6.07) is 9.68. The number of halogens is 1. The molecule has 0 fully saturated rings. The van der Waals surface area contributed by atoms with Crippen molar-refractivity contribution in [3.05, 3.63) is 56.7 Å². The summed E-state index contributed by atoms with van der Waals surface area (Å²) < 4.78 is 0. The van der Waals surface area contributed by atoms with E-state index in [2.05, 4.69) is 0 Å². The van der Waals surface area contributed by atoms with E-state index in [1.165, 1.54) is 0 Å². The van der Waals surface area contributed by atoms with Crippen LogP contribution in [-0.2, 0) is 12.0 Å². The summed E-state index contributed by atoms with van der Waals surface area (Å²) >= 11 is 7.55. The van der Waals surface area contributed by atoms with Crippen LogP contribution in [0.4, 0.5) is 0 Å². The average Bonchev–Trinajstić information content (AvgIpc) is 2.64. The Morgan fingerprint density at radius 3 is 2.71 bits per heavy atom. The van der Waals surface area contributed by atoms with Crippen LogP contribution < -0.4 is 0 Å². The third kappa shape index (κ3) is 2.89. The minimum atomic E-state index is -0.830. The topological polar surface area (TPSA) is 20.2 Å². The molecular formula is C14H15ClOS. The summed E-state index contributed by atoms with van der Waals surface area (Å²) in [7, 11) is 0. The molecule has 1 atom stereocenters. The SMILES string of the molecule is Cc1ccsc1C(C)(O)Cc1cccc(Cl)c1. The summed E-state index contributed by atoms with van der Waals surface area (Å²) in [4.78, 5) is 1.03. The lowest BCUT2D eigenvalue weighted by atomic mass is 9.93. The highest BCUT2D eigenvalue weighted by Crippen LogP contribution is 2.32. The Hall–Kier alpha value is -0.830. The number of aliphatic hydroxyl groups is 1. The average molecular weight is 267 g/mol. The van der Waals surface area contributed by atoms with Gasteiger partial charge >= 0.3 is 0 Å². The van der Waals surface area contributed by atoms with Crippen molar-refractivity contribution in [2.75, 3.05) is 0 Å². The smallest absolute Gasteiger partial charge is 0.100 e. The molecule has 90 valence electrons. The predicted octanol–water partition coefficient (Wildman–Crippen LogP) is 4.16. The number of hydrogen-bond acceptors (Lipinski definition) is 2. The zero-order chi connectivity index (χ0) is 12.5. The van der Waals surface area contributed by atoms with E-state index in [0.717, 1.165) is 16.0 Å². The first kappa shape index (κ1) is 12.6. The highest BCUT2D eigenvalue weighted by atomic mass is 35.5. The fourth-order valence-electron chi connectivity index (χ4n) is 2.05. The Morgan fingerprint density at radius 1 is 1.35 bits per heavy atom. The van der Waals surface area contributed by atoms with Crippen molar-refractivity contribution in [3.63, 3.8) is 0 Å². The molecule has 0 radical (unpaired) electrons. The first-order chi connectivity index (χ1) is 7.99. The fraction of sp³-hybridized carbons (Fsp3) is 0.286. The van der Waals surface area contributed by atoms with Crippen LogP contribution in [-0.4, -0.2) is 5.11 Å². The van der Waals surface area contributed by atoms with Gasteiger partial charge in [0, 0.05) is 16.3 Å². The van der Waals surface area contributed by atoms with Gasteiger partial charge in [-0.15, -0.1) is 11.3 Å². The molecule has 2 aromatic rings. The molecule has 0 aliphatic heterocycles. The lowest BCUT2D eigenvalue weighted by molar-refractivity contribution is 0.0609. The zero-order valence-corrected chi connectivity index (χ0v) is 11.5. The summed E-state index contributed by atoms with van der Waals surface area (Å²) in [6.45, 7) is 3.88. The molecule has 1 aromatic carbocycles. The van der Waals surface area contributed by atoms with E-state index in [4.69, 9.17) is 11.6 Å². The molecule has 0 saturated heterocycles. The second-order valence-electron chi connectivity index (χ2n) is 4.51. The van der Waals surface area contributed by atoms with Crippen LogP contribution >= 0.6 is 22.9 Å². The lowest BCUT2D eigenvalue weighted by Gasteiger charge is -2.23. The third-order valence-electron chi connectivity index (χ3n) is 2.79. The van der Waals surface area contributed by atoms with Crippen LogP contribution in [0.1, 0.15) is 22.9 Å². The maximum atomic E-state index is 10.6. The van der Waals surface area contributed by atoms with E-state index >= 15 is 0 Å². The first-order valence-corrected chi connectivity index (χ1v) is 6.76. The molecule has 1 aromatic heterocycles. The van der Waals surface area contributed by atoms with E-state index in [1.54, 1.807) is 11.3 Å². The molecule has 0 amide bonds. The summed E-state index contributed by atoms with van der Waals surface area (Å²) in [5.41, 5.74) is 1.36. The van der Waals surface area contributed by atoms with Gasteiger partial charge in [-0.25, -0.2) is 0 Å². The number of hydrogen-bond donors (Lipinski definition) is 1. The molecule has 0 spiro atoms. The van der Waals surface area contributed by atoms with Gasteiger partial charge in [-0.3, -0.25) is 0 Å². The maximum absolute atomic E-state index is 10.6. The van der Waals surface area contributed by atoms with Crippen molar-refractivity contribution in [2.45, 2.75) is 25.9 Å². The fourth-order valence-corrected chi connectivity index (χ4v) is 3.25. The van der Waals surface area contributed by atoms with Crippen molar-refractivity contribution >= 4 is 22.9 Å². The Labute approximate surface area is 111 Å². The first-order valence-electron chi connectivity index (χ1n) is 5.50. The van der Waals surface area contributed by atoms with Crippen LogP contribution in [0.15, 0.2) is 35.7 Å². The Morgan fingerprint density at radius 2 is 2.12 bits per heavy atom. The summed E-state index contributed by atoms with van der Waals surface area (Å²) in [6.07, 6.45) is 0.578. The van der Waals surface area contributed by atoms with E-state index in [0.29, 0.717) is 11.4 Å². The Kier molecular flexibility index (Phi) is 3.57. The quantitative estimate of drug-likeness (QED) is 0.884. The van der Waals surface area contributed by atoms with Crippen molar-refractivity contribution in [1.29, 1.82) is 0 Å². The van der Waals surface area contributed by atoms with Gasteiger partial charge in [-0.05, 0) is 48.6 Å². The number of thiophene rings is 1. The second kappa shape index (κ2) is 4.81. The number of rotatable bonds is 3. The van der Waals surface area contributed by atoms with Gasteiger partial charge in [-0.2, -0.15) is 0 Å². The number of benzene rings is 1. The van der Waals surface area contributed by atoms with Gasteiger partial charge in [-0.1, -0.05) is 23.7 Å². The maximum Gasteiger partial charge on any atom is 0.100 e. The van der Waals surface area contributed by atoms with Crippen molar-refractivity contribution in [2.24, 2.45) is 0 Å². The molecule has 0 aliphatic carbocycles. The van der Waals surface area contributed by atoms with Crippen LogP contribution in [0, 0.1) is 6.92 Å². The van der Waals surface area contributed by atoms with Crippen LogP contribution in [0.2, 0.25) is 5.02 Å². The van der Waals surface area contributed by atoms with Gasteiger partial charge in [0.05, 0.1) is 0 Å². The molecule has 0 bridgehead atoms. The molecule has 17 heavy (non-hydrogen) atoms. The van der Waals surface area contributed by atoms with Gasteiger partial charge in [0.2, 0.25) is 0 Å². The van der Waals surface area contributed by atoms with E-state index in [1.807, 2.05) is 49.6 Å². The van der Waals surface area contributed by atoms with Crippen molar-refractivity contribution < 1.29 is 5.11 Å². The molecule has 0 aliphatic rings. The molecule has 3 heteroatoms. The predicted molar refractivity (Wildman–Crippen MR) is 73.8 cm³/mol. The van der Waals surface area contributed by atoms with Crippen LogP contribution in [0.3, 0.4) is 0 Å². The summed E-state index contributed by atoms with van der Waals surface area (Å²) in [5.74, 6) is 0. The molecular weight excluding hydrogens is 252 g/mol. The van der Waals surface area contributed by atoms with E-state index < -0.39 is 5.60 Å². The molecule has 1 unspecified atom stereocenters. The number of aryl methyl sites for hydroxylation is 1. The standard InChI is InChI=1S/C14H15ClOS/c1-10-6-7-17-13(10)14(2,16)9-11-4-3-5-12(15)8-11/h3-8,16H,9H2,1-2H3. The van der Waals surface area contributed by atoms with Gasteiger partial charge < -0.3 is 5.11 Å². The molecule has 1 N–H and O–H groups in total. The summed E-state index contributed by atoms with van der Waals surface area (Å²) in [5, 5.41) is 13.3. The van der Waals surface area contributed by atoms with Gasteiger partial charge in [0.15, 0.2) is 0 Å². The van der Waals surface area contributed by atoms with Gasteiger partial charge in [0.25, 0.3) is 0 Å². The monoisotopic (exact) mass is 266 g/mol. The van der Waals surface area contributed by atoms with Gasteiger partial charge in [0.1, 0.15) is 5.60 Å². The highest BCUT2D eigenvalue weighted by Gasteiger charge is 2.26. The third-order valence-corrected chi connectivity index (χ3v) is 4.29.